The molecule has 3 rings (SSSR count). The van der Waals surface area contributed by atoms with Gasteiger partial charge in [0.05, 0.1) is 0 Å². The molecule has 0 bridgehead atoms. The summed E-state index contributed by atoms with van der Waals surface area (Å²) in [5.41, 5.74) is 1.10. The molecular weight excluding hydrogens is 386 g/mol. The highest BCUT2D eigenvalue weighted by atomic mass is 32.1. The number of carbonyl (C=O) groups is 2. The van der Waals surface area contributed by atoms with Crippen LogP contribution in [0.2, 0.25) is 0 Å². The van der Waals surface area contributed by atoms with Crippen molar-refractivity contribution in [3.63, 3.8) is 0 Å². The molecule has 156 valence electrons. The fraction of sp³-hybridized carbons (Fsp3) is 0.524. The number of anilines is 1. The van der Waals surface area contributed by atoms with E-state index in [-0.39, 0.29) is 11.8 Å². The van der Waals surface area contributed by atoms with Gasteiger partial charge in [-0.1, -0.05) is 31.3 Å². The molecule has 0 spiro atoms. The van der Waals surface area contributed by atoms with Crippen molar-refractivity contribution >= 4 is 28.8 Å². The minimum atomic E-state index is -0.305. The summed E-state index contributed by atoms with van der Waals surface area (Å²) in [5.74, 6) is 0.0303. The maximum absolute atomic E-state index is 12.4. The Morgan fingerprint density at radius 2 is 1.97 bits per heavy atom. The summed E-state index contributed by atoms with van der Waals surface area (Å²) in [5, 5.41) is 15.0. The van der Waals surface area contributed by atoms with Crippen molar-refractivity contribution in [2.75, 3.05) is 31.5 Å². The molecule has 1 saturated heterocycles. The normalized spacial score (nSPS) is 14.3. The number of benzene rings is 1. The van der Waals surface area contributed by atoms with Crippen molar-refractivity contribution in [3.05, 3.63) is 39.8 Å². The van der Waals surface area contributed by atoms with E-state index in [0.717, 1.165) is 24.4 Å². The fourth-order valence-corrected chi connectivity index (χ4v) is 4.26. The summed E-state index contributed by atoms with van der Waals surface area (Å²) in [7, 11) is 0. The first-order valence-corrected chi connectivity index (χ1v) is 11.1. The molecule has 2 amide bonds. The van der Waals surface area contributed by atoms with Crippen LogP contribution >= 0.6 is 11.3 Å². The number of aromatic nitrogens is 2. The number of hydrogen-bond donors (Lipinski definition) is 2. The summed E-state index contributed by atoms with van der Waals surface area (Å²) >= 11 is 1.31. The van der Waals surface area contributed by atoms with Crippen molar-refractivity contribution in [1.82, 2.24) is 20.4 Å². The lowest BCUT2D eigenvalue weighted by molar-refractivity contribution is 0.0950. The Bertz CT molecular complexity index is 830. The van der Waals surface area contributed by atoms with Crippen LogP contribution in [-0.2, 0) is 6.42 Å². The van der Waals surface area contributed by atoms with E-state index >= 15 is 0 Å². The number of amides is 2. The molecule has 29 heavy (non-hydrogen) atoms. The van der Waals surface area contributed by atoms with Gasteiger partial charge in [-0.25, -0.2) is 0 Å². The van der Waals surface area contributed by atoms with Gasteiger partial charge >= 0.3 is 0 Å². The Labute approximate surface area is 175 Å². The van der Waals surface area contributed by atoms with Crippen molar-refractivity contribution in [2.45, 2.75) is 39.5 Å². The van der Waals surface area contributed by atoms with Crippen LogP contribution in [0.15, 0.2) is 24.3 Å². The topological polar surface area (TPSA) is 87.2 Å². The van der Waals surface area contributed by atoms with E-state index in [1.165, 1.54) is 37.3 Å². The van der Waals surface area contributed by atoms with Gasteiger partial charge in [-0.3, -0.25) is 9.59 Å². The van der Waals surface area contributed by atoms with Crippen LogP contribution in [-0.4, -0.2) is 53.1 Å². The van der Waals surface area contributed by atoms with Gasteiger partial charge in [0.15, 0.2) is 0 Å². The lowest BCUT2D eigenvalue weighted by atomic mass is 10.1. The number of likely N-dealkylation sites (tertiary alicyclic amines) is 1. The molecule has 0 saturated carbocycles. The van der Waals surface area contributed by atoms with Gasteiger partial charge in [0, 0.05) is 24.2 Å². The van der Waals surface area contributed by atoms with E-state index in [4.69, 9.17) is 0 Å². The van der Waals surface area contributed by atoms with E-state index in [9.17, 15) is 9.59 Å². The molecular formula is C21H29N5O2S. The van der Waals surface area contributed by atoms with E-state index in [1.54, 1.807) is 24.3 Å². The number of nitrogens with zero attached hydrogens (tertiary/aromatic N) is 3. The first-order chi connectivity index (χ1) is 14.0. The van der Waals surface area contributed by atoms with Gasteiger partial charge < -0.3 is 15.5 Å². The summed E-state index contributed by atoms with van der Waals surface area (Å²) in [6.45, 7) is 8.22. The SMILES string of the molecule is CC(C)Cc1nnc(C(=O)Nc2cccc(C(=O)NCCCN3CCCC3)c2)s1. The van der Waals surface area contributed by atoms with Gasteiger partial charge in [0.25, 0.3) is 11.8 Å². The highest BCUT2D eigenvalue weighted by molar-refractivity contribution is 7.13. The molecule has 2 N–H and O–H groups in total. The Morgan fingerprint density at radius 3 is 2.72 bits per heavy atom. The van der Waals surface area contributed by atoms with Gasteiger partial charge in [-0.2, -0.15) is 0 Å². The Kier molecular flexibility index (Phi) is 7.71. The molecule has 0 unspecified atom stereocenters. The highest BCUT2D eigenvalue weighted by Crippen LogP contribution is 2.17. The highest BCUT2D eigenvalue weighted by Gasteiger charge is 2.15. The molecule has 0 aliphatic carbocycles. The summed E-state index contributed by atoms with van der Waals surface area (Å²) < 4.78 is 0. The first-order valence-electron chi connectivity index (χ1n) is 10.3. The van der Waals surface area contributed by atoms with Crippen LogP contribution in [0, 0.1) is 5.92 Å². The predicted molar refractivity (Wildman–Crippen MR) is 115 cm³/mol. The monoisotopic (exact) mass is 415 g/mol. The largest absolute Gasteiger partial charge is 0.352 e. The smallest absolute Gasteiger partial charge is 0.286 e. The molecule has 0 radical (unpaired) electrons. The van der Waals surface area contributed by atoms with Crippen molar-refractivity contribution < 1.29 is 9.59 Å². The molecule has 7 nitrogen and oxygen atoms in total. The molecule has 8 heteroatoms. The van der Waals surface area contributed by atoms with E-state index in [0.29, 0.717) is 28.7 Å². The summed E-state index contributed by atoms with van der Waals surface area (Å²) in [6.07, 6.45) is 4.30. The zero-order valence-electron chi connectivity index (χ0n) is 17.1. The molecule has 2 heterocycles. The number of rotatable bonds is 9. The van der Waals surface area contributed by atoms with Gasteiger partial charge in [-0.05, 0) is 63.0 Å². The van der Waals surface area contributed by atoms with Crippen molar-refractivity contribution in [1.29, 1.82) is 0 Å². The van der Waals surface area contributed by atoms with Crippen molar-refractivity contribution in [2.24, 2.45) is 5.92 Å². The lowest BCUT2D eigenvalue weighted by Gasteiger charge is -2.14. The molecule has 0 atom stereocenters. The molecule has 1 aromatic heterocycles. The third-order valence-corrected chi connectivity index (χ3v) is 5.71. The number of hydrogen-bond acceptors (Lipinski definition) is 6. The molecule has 1 fully saturated rings. The minimum Gasteiger partial charge on any atom is -0.352 e. The van der Waals surface area contributed by atoms with Crippen LogP contribution < -0.4 is 10.6 Å². The predicted octanol–water partition coefficient (Wildman–Crippen LogP) is 3.20. The molecule has 1 aromatic carbocycles. The Morgan fingerprint density at radius 1 is 1.17 bits per heavy atom. The average molecular weight is 416 g/mol. The zero-order chi connectivity index (χ0) is 20.6. The van der Waals surface area contributed by atoms with E-state index in [1.807, 2.05) is 0 Å². The van der Waals surface area contributed by atoms with Gasteiger partial charge in [-0.15, -0.1) is 10.2 Å². The quantitative estimate of drug-likeness (QED) is 0.614. The van der Waals surface area contributed by atoms with Crippen LogP contribution in [0.3, 0.4) is 0 Å². The van der Waals surface area contributed by atoms with Crippen molar-refractivity contribution in [3.8, 4) is 0 Å². The Hall–Kier alpha value is -2.32. The standard InChI is InChI=1S/C21H29N5O2S/c1-15(2)13-18-24-25-21(29-18)20(28)23-17-8-5-7-16(14-17)19(27)22-9-6-12-26-10-3-4-11-26/h5,7-8,14-15H,3-4,6,9-13H2,1-2H3,(H,22,27)(H,23,28). The zero-order valence-corrected chi connectivity index (χ0v) is 17.9. The minimum absolute atomic E-state index is 0.127. The maximum atomic E-state index is 12.4. The molecule has 2 aromatic rings. The molecule has 1 aliphatic rings. The third-order valence-electron chi connectivity index (χ3n) is 4.76. The summed E-state index contributed by atoms with van der Waals surface area (Å²) in [6, 6.07) is 6.96. The van der Waals surface area contributed by atoms with Crippen LogP contribution in [0.25, 0.3) is 0 Å². The molecule has 1 aliphatic heterocycles. The second-order valence-corrected chi connectivity index (χ2v) is 8.85. The summed E-state index contributed by atoms with van der Waals surface area (Å²) in [4.78, 5) is 27.3. The van der Waals surface area contributed by atoms with E-state index < -0.39 is 0 Å². The van der Waals surface area contributed by atoms with E-state index in [2.05, 4.69) is 39.6 Å². The number of nitrogens with one attached hydrogen (secondary N) is 2. The average Bonchev–Trinajstić information content (AvgIpc) is 3.37. The van der Waals surface area contributed by atoms with Crippen LogP contribution in [0.1, 0.15) is 58.3 Å². The second kappa shape index (κ2) is 10.5. The lowest BCUT2D eigenvalue weighted by Crippen LogP contribution is -2.28. The van der Waals surface area contributed by atoms with Gasteiger partial charge in [0.1, 0.15) is 5.01 Å². The van der Waals surface area contributed by atoms with Crippen LogP contribution in [0.4, 0.5) is 5.69 Å². The van der Waals surface area contributed by atoms with Crippen LogP contribution in [0.5, 0.6) is 0 Å². The number of carbonyl (C=O) groups excluding carboxylic acids is 2. The first kappa shape index (κ1) is 21.4. The van der Waals surface area contributed by atoms with Gasteiger partial charge in [0.2, 0.25) is 5.01 Å². The second-order valence-electron chi connectivity index (χ2n) is 7.79. The maximum Gasteiger partial charge on any atom is 0.286 e. The fourth-order valence-electron chi connectivity index (χ4n) is 3.31. The Balaban J connectivity index is 1.49. The third kappa shape index (κ3) is 6.61.